The number of thiophene rings is 1. The fraction of sp³-hybridized carbons (Fsp3) is 0.714. The summed E-state index contributed by atoms with van der Waals surface area (Å²) in [5.74, 6) is 1.21. The largest absolute Gasteiger partial charge is 0.384 e. The highest BCUT2D eigenvalue weighted by atomic mass is 32.1. The van der Waals surface area contributed by atoms with Crippen LogP contribution in [0.1, 0.15) is 47.4 Å². The Morgan fingerprint density at radius 2 is 1.88 bits per heavy atom. The Labute approximate surface area is 100 Å². The number of hydrogen-bond acceptors (Lipinski definition) is 2. The molecular weight excluding hydrogens is 216 g/mol. The van der Waals surface area contributed by atoms with Crippen LogP contribution in [0.4, 0.5) is 0 Å². The van der Waals surface area contributed by atoms with Crippen LogP contribution in [0.5, 0.6) is 0 Å². The van der Waals surface area contributed by atoms with E-state index < -0.39 is 0 Å². The van der Waals surface area contributed by atoms with Gasteiger partial charge in [0.2, 0.25) is 0 Å². The molecule has 0 aliphatic heterocycles. The third kappa shape index (κ3) is 1.10. The van der Waals surface area contributed by atoms with Gasteiger partial charge in [-0.1, -0.05) is 6.42 Å². The molecule has 0 amide bonds. The van der Waals surface area contributed by atoms with Crippen molar-refractivity contribution in [2.24, 2.45) is 11.8 Å². The summed E-state index contributed by atoms with van der Waals surface area (Å²) in [5, 5.41) is 10.7. The summed E-state index contributed by atoms with van der Waals surface area (Å²) in [6.45, 7) is 0. The Bertz CT molecular complexity index is 400. The smallest absolute Gasteiger partial charge is 0.105 e. The first-order valence-electron chi connectivity index (χ1n) is 6.64. The van der Waals surface area contributed by atoms with Crippen LogP contribution in [0.15, 0.2) is 6.07 Å². The molecule has 0 radical (unpaired) electrons. The third-order valence-electron chi connectivity index (χ3n) is 4.93. The molecule has 0 aromatic carbocycles. The van der Waals surface area contributed by atoms with Crippen molar-refractivity contribution in [3.05, 3.63) is 21.4 Å². The summed E-state index contributed by atoms with van der Waals surface area (Å²) in [6.07, 6.45) is 9.03. The molecule has 1 heterocycles. The lowest BCUT2D eigenvalue weighted by Gasteiger charge is -2.11. The molecule has 86 valence electrons. The van der Waals surface area contributed by atoms with E-state index in [-0.39, 0.29) is 5.60 Å². The van der Waals surface area contributed by atoms with Gasteiger partial charge in [-0.05, 0) is 62.0 Å². The van der Waals surface area contributed by atoms with Gasteiger partial charge in [-0.3, -0.25) is 0 Å². The summed E-state index contributed by atoms with van der Waals surface area (Å²) >= 11 is 1.91. The molecule has 3 aliphatic rings. The zero-order valence-corrected chi connectivity index (χ0v) is 10.4. The van der Waals surface area contributed by atoms with Crippen molar-refractivity contribution >= 4 is 11.3 Å². The van der Waals surface area contributed by atoms with E-state index in [1.54, 1.807) is 10.4 Å². The minimum atomic E-state index is -0.389. The Morgan fingerprint density at radius 3 is 2.62 bits per heavy atom. The lowest BCUT2D eigenvalue weighted by molar-refractivity contribution is 0.109. The first kappa shape index (κ1) is 9.67. The predicted octanol–water partition coefficient (Wildman–Crippen LogP) is 3.24. The monoisotopic (exact) mass is 234 g/mol. The number of aliphatic hydroxyl groups is 1. The molecular formula is C14H18OS. The zero-order chi connectivity index (χ0) is 10.8. The molecule has 0 saturated heterocycles. The topological polar surface area (TPSA) is 20.2 Å². The molecule has 2 saturated carbocycles. The minimum absolute atomic E-state index is 0.389. The van der Waals surface area contributed by atoms with Gasteiger partial charge < -0.3 is 5.11 Å². The highest BCUT2D eigenvalue weighted by Gasteiger charge is 2.66. The van der Waals surface area contributed by atoms with Crippen LogP contribution < -0.4 is 0 Å². The summed E-state index contributed by atoms with van der Waals surface area (Å²) in [7, 11) is 0. The van der Waals surface area contributed by atoms with Crippen molar-refractivity contribution in [1.82, 2.24) is 0 Å². The molecule has 1 nitrogen and oxygen atoms in total. The normalized spacial score (nSPS) is 40.6. The lowest BCUT2D eigenvalue weighted by Crippen LogP contribution is -2.10. The molecule has 16 heavy (non-hydrogen) atoms. The van der Waals surface area contributed by atoms with Crippen molar-refractivity contribution in [2.45, 2.75) is 50.5 Å². The fourth-order valence-corrected chi connectivity index (χ4v) is 5.45. The molecule has 0 spiro atoms. The quantitative estimate of drug-likeness (QED) is 0.791. The Balaban J connectivity index is 1.71. The Morgan fingerprint density at radius 1 is 1.12 bits per heavy atom. The molecule has 3 aliphatic carbocycles. The zero-order valence-electron chi connectivity index (χ0n) is 9.54. The van der Waals surface area contributed by atoms with Crippen LogP contribution in [0.2, 0.25) is 0 Å². The van der Waals surface area contributed by atoms with Crippen molar-refractivity contribution in [3.8, 4) is 0 Å². The van der Waals surface area contributed by atoms with Crippen LogP contribution in [0.25, 0.3) is 0 Å². The summed E-state index contributed by atoms with van der Waals surface area (Å²) < 4.78 is 0. The SMILES string of the molecule is OC1(c2cc3c(s2)CCCC3)C2CCCC21. The average Bonchev–Trinajstić information content (AvgIpc) is 2.80. The first-order chi connectivity index (χ1) is 7.80. The number of rotatable bonds is 1. The fourth-order valence-electron chi connectivity index (χ4n) is 3.98. The summed E-state index contributed by atoms with van der Waals surface area (Å²) in [4.78, 5) is 2.87. The molecule has 2 unspecified atom stereocenters. The standard InChI is InChI=1S/C14H18OS/c15-14(10-5-3-6-11(10)14)13-8-9-4-1-2-7-12(9)16-13/h8,10-11,15H,1-7H2. The van der Waals surface area contributed by atoms with Gasteiger partial charge in [-0.2, -0.15) is 0 Å². The summed E-state index contributed by atoms with van der Waals surface area (Å²) in [6, 6.07) is 2.33. The van der Waals surface area contributed by atoms with Crippen molar-refractivity contribution in [1.29, 1.82) is 0 Å². The van der Waals surface area contributed by atoms with E-state index in [0.717, 1.165) is 0 Å². The lowest BCUT2D eigenvalue weighted by atomic mass is 9.98. The molecule has 1 aromatic heterocycles. The Kier molecular flexibility index (Phi) is 1.88. The van der Waals surface area contributed by atoms with E-state index >= 15 is 0 Å². The molecule has 0 bridgehead atoms. The maximum absolute atomic E-state index is 10.7. The van der Waals surface area contributed by atoms with E-state index in [0.29, 0.717) is 11.8 Å². The maximum atomic E-state index is 10.7. The van der Waals surface area contributed by atoms with E-state index in [2.05, 4.69) is 6.07 Å². The minimum Gasteiger partial charge on any atom is -0.384 e. The molecule has 1 aromatic rings. The van der Waals surface area contributed by atoms with E-state index in [9.17, 15) is 5.11 Å². The number of hydrogen-bond donors (Lipinski definition) is 1. The predicted molar refractivity (Wildman–Crippen MR) is 65.7 cm³/mol. The number of fused-ring (bicyclic) bond motifs is 2. The third-order valence-corrected chi connectivity index (χ3v) is 6.31. The van der Waals surface area contributed by atoms with Gasteiger partial charge in [-0.25, -0.2) is 0 Å². The molecule has 4 rings (SSSR count). The Hall–Kier alpha value is -0.340. The van der Waals surface area contributed by atoms with Gasteiger partial charge in [0, 0.05) is 9.75 Å². The molecule has 2 heteroatoms. The van der Waals surface area contributed by atoms with Crippen molar-refractivity contribution < 1.29 is 5.11 Å². The van der Waals surface area contributed by atoms with Gasteiger partial charge in [-0.15, -0.1) is 11.3 Å². The maximum Gasteiger partial charge on any atom is 0.105 e. The van der Waals surface area contributed by atoms with E-state index in [1.165, 1.54) is 49.8 Å². The van der Waals surface area contributed by atoms with Gasteiger partial charge in [0.1, 0.15) is 5.60 Å². The van der Waals surface area contributed by atoms with E-state index in [1.807, 2.05) is 11.3 Å². The van der Waals surface area contributed by atoms with Crippen LogP contribution in [0.3, 0.4) is 0 Å². The van der Waals surface area contributed by atoms with Crippen LogP contribution in [-0.4, -0.2) is 5.11 Å². The van der Waals surface area contributed by atoms with Crippen molar-refractivity contribution in [3.63, 3.8) is 0 Å². The van der Waals surface area contributed by atoms with Crippen LogP contribution >= 0.6 is 11.3 Å². The second-order valence-electron chi connectivity index (χ2n) is 5.74. The average molecular weight is 234 g/mol. The second kappa shape index (κ2) is 3.11. The van der Waals surface area contributed by atoms with Gasteiger partial charge >= 0.3 is 0 Å². The van der Waals surface area contributed by atoms with Crippen LogP contribution in [0, 0.1) is 11.8 Å². The highest BCUT2D eigenvalue weighted by Crippen LogP contribution is 2.67. The molecule has 2 fully saturated rings. The van der Waals surface area contributed by atoms with Gasteiger partial charge in [0.25, 0.3) is 0 Å². The molecule has 1 N–H and O–H groups in total. The highest BCUT2D eigenvalue weighted by molar-refractivity contribution is 7.12. The van der Waals surface area contributed by atoms with Gasteiger partial charge in [0.05, 0.1) is 0 Å². The first-order valence-corrected chi connectivity index (χ1v) is 7.46. The molecule has 2 atom stereocenters. The van der Waals surface area contributed by atoms with Crippen molar-refractivity contribution in [2.75, 3.05) is 0 Å². The second-order valence-corrected chi connectivity index (χ2v) is 6.87. The number of aryl methyl sites for hydroxylation is 2. The van der Waals surface area contributed by atoms with Gasteiger partial charge in [0.15, 0.2) is 0 Å². The van der Waals surface area contributed by atoms with E-state index in [4.69, 9.17) is 0 Å². The summed E-state index contributed by atoms with van der Waals surface area (Å²) in [5.41, 5.74) is 1.16. The van der Waals surface area contributed by atoms with Crippen LogP contribution in [-0.2, 0) is 18.4 Å².